The Kier molecular flexibility index (Phi) is 12.3. The highest BCUT2D eigenvalue weighted by atomic mass is 15.3. The van der Waals surface area contributed by atoms with Crippen LogP contribution in [0.3, 0.4) is 0 Å². The van der Waals surface area contributed by atoms with Gasteiger partial charge in [-0.1, -0.05) is 90.1 Å². The molecule has 0 radical (unpaired) electrons. The van der Waals surface area contributed by atoms with Crippen LogP contribution in [0.15, 0.2) is 164 Å². The van der Waals surface area contributed by atoms with Crippen molar-refractivity contribution in [2.24, 2.45) is 0 Å². The van der Waals surface area contributed by atoms with Gasteiger partial charge in [0, 0.05) is 50.4 Å². The minimum atomic E-state index is 0.335. The minimum absolute atomic E-state index is 0.335. The Balaban J connectivity index is 1.07. The fourth-order valence-corrected chi connectivity index (χ4v) is 5.03. The fraction of sp³-hybridized carbons (Fsp3) is 0. The fourth-order valence-electron chi connectivity index (χ4n) is 5.03. The molecule has 0 atom stereocenters. The predicted molar refractivity (Wildman–Crippen MR) is 230 cm³/mol. The Morgan fingerprint density at radius 2 is 0.456 bits per heavy atom. The van der Waals surface area contributed by atoms with Gasteiger partial charge in [-0.05, 0) is 145 Å². The number of rotatable bonds is 6. The summed E-state index contributed by atoms with van der Waals surface area (Å²) in [6, 6.07) is 52.2. The second-order valence-corrected chi connectivity index (χ2v) is 12.0. The van der Waals surface area contributed by atoms with Crippen LogP contribution in [0.5, 0.6) is 0 Å². The molecule has 264 valence electrons. The van der Waals surface area contributed by atoms with Crippen LogP contribution in [0.2, 0.25) is 0 Å². The van der Waals surface area contributed by atoms with E-state index < -0.39 is 0 Å². The molecule has 0 aliphatic rings. The second kappa shape index (κ2) is 19.2. The van der Waals surface area contributed by atoms with Crippen LogP contribution in [-0.4, -0.2) is 15.0 Å². The summed E-state index contributed by atoms with van der Waals surface area (Å²) in [5.74, 6) is 36.9. The number of aromatic nitrogens is 3. The molecule has 0 aliphatic carbocycles. The summed E-state index contributed by atoms with van der Waals surface area (Å²) in [7, 11) is 0. The molecule has 0 amide bonds. The van der Waals surface area contributed by atoms with Crippen LogP contribution in [0, 0.1) is 71.0 Å². The lowest BCUT2D eigenvalue weighted by atomic mass is 10.2. The van der Waals surface area contributed by atoms with Gasteiger partial charge >= 0.3 is 0 Å². The van der Waals surface area contributed by atoms with Crippen LogP contribution in [-0.2, 0) is 0 Å². The molecule has 0 spiro atoms. The van der Waals surface area contributed by atoms with Crippen LogP contribution < -0.4 is 16.0 Å². The maximum Gasteiger partial charge on any atom is 0.233 e. The average Bonchev–Trinajstić information content (AvgIpc) is 3.25. The maximum atomic E-state index is 4.66. The van der Waals surface area contributed by atoms with Gasteiger partial charge in [0.15, 0.2) is 0 Å². The first-order valence-electron chi connectivity index (χ1n) is 17.8. The molecule has 0 aliphatic heterocycles. The average molecular weight is 727 g/mol. The van der Waals surface area contributed by atoms with Gasteiger partial charge < -0.3 is 16.0 Å². The maximum absolute atomic E-state index is 4.66. The smallest absolute Gasteiger partial charge is 0.233 e. The van der Waals surface area contributed by atoms with E-state index in [1.54, 1.807) is 0 Å². The molecule has 0 saturated carbocycles. The number of nitrogens with zero attached hydrogens (tertiary/aromatic N) is 3. The van der Waals surface area contributed by atoms with Crippen molar-refractivity contribution in [3.8, 4) is 71.0 Å². The van der Waals surface area contributed by atoms with E-state index in [0.717, 1.165) is 50.4 Å². The highest BCUT2D eigenvalue weighted by Crippen LogP contribution is 2.22. The Labute approximate surface area is 332 Å². The molecule has 0 unspecified atom stereocenters. The summed E-state index contributed by atoms with van der Waals surface area (Å²) in [6.07, 6.45) is 0. The van der Waals surface area contributed by atoms with Crippen molar-refractivity contribution in [2.75, 3.05) is 16.0 Å². The summed E-state index contributed by atoms with van der Waals surface area (Å²) in [5.41, 5.74) is 7.57. The molecule has 1 heterocycles. The molecule has 3 N–H and O–H groups in total. The molecule has 0 saturated heterocycles. The van der Waals surface area contributed by atoms with Crippen molar-refractivity contribution in [3.05, 3.63) is 197 Å². The highest BCUT2D eigenvalue weighted by molar-refractivity contribution is 5.64. The standard InChI is InChI=1S/C51H30N6/c1-4-16-40(17-5-1)22-10-13-25-43-28-34-46(35-29-43)52-49-55-50(53-47-36-30-44(31-37-47)26-14-11-23-41-18-6-2-7-19-41)57-51(56-49)54-48-38-32-45(33-39-48)27-15-12-24-42-20-8-3-9-21-42/h1-9,16-21,28-39H,(H3,52,53,54,55,56,57). The van der Waals surface area contributed by atoms with Crippen LogP contribution in [0.4, 0.5) is 34.9 Å². The van der Waals surface area contributed by atoms with Crippen molar-refractivity contribution >= 4 is 34.9 Å². The quantitative estimate of drug-likeness (QED) is 0.149. The lowest BCUT2D eigenvalue weighted by Gasteiger charge is -2.12. The van der Waals surface area contributed by atoms with Gasteiger partial charge in [-0.25, -0.2) is 0 Å². The summed E-state index contributed by atoms with van der Waals surface area (Å²) >= 11 is 0. The zero-order chi connectivity index (χ0) is 38.7. The molecular formula is C51H30N6. The minimum Gasteiger partial charge on any atom is -0.324 e. The Bertz CT molecular complexity index is 2520. The van der Waals surface area contributed by atoms with E-state index in [2.05, 4.69) is 102 Å². The molecule has 57 heavy (non-hydrogen) atoms. The molecule has 1 aromatic heterocycles. The number of benzene rings is 6. The van der Waals surface area contributed by atoms with Gasteiger partial charge in [0.05, 0.1) is 0 Å². The van der Waals surface area contributed by atoms with Gasteiger partial charge in [0.25, 0.3) is 0 Å². The van der Waals surface area contributed by atoms with Gasteiger partial charge in [0.2, 0.25) is 17.8 Å². The SMILES string of the molecule is C(C#Cc1ccc(Nc2nc(Nc3ccc(C#CC#Cc4ccccc4)cc3)nc(Nc3ccc(C#CC#Cc4ccccc4)cc3)n2)cc1)#Cc1ccccc1. The van der Waals surface area contributed by atoms with E-state index in [0.29, 0.717) is 17.8 Å². The summed E-state index contributed by atoms with van der Waals surface area (Å²) in [4.78, 5) is 14.0. The number of hydrogen-bond donors (Lipinski definition) is 3. The molecule has 0 fully saturated rings. The first-order valence-corrected chi connectivity index (χ1v) is 17.8. The lowest BCUT2D eigenvalue weighted by molar-refractivity contribution is 1.06. The van der Waals surface area contributed by atoms with Crippen LogP contribution in [0.25, 0.3) is 0 Å². The van der Waals surface area contributed by atoms with E-state index in [9.17, 15) is 0 Å². The Morgan fingerprint density at radius 3 is 0.684 bits per heavy atom. The first kappa shape index (κ1) is 36.4. The largest absolute Gasteiger partial charge is 0.324 e. The van der Waals surface area contributed by atoms with Crippen molar-refractivity contribution in [1.29, 1.82) is 0 Å². The zero-order valence-corrected chi connectivity index (χ0v) is 30.4. The number of hydrogen-bond acceptors (Lipinski definition) is 6. The van der Waals surface area contributed by atoms with E-state index >= 15 is 0 Å². The Hall–Kier alpha value is -8.91. The van der Waals surface area contributed by atoms with Crippen molar-refractivity contribution in [2.45, 2.75) is 0 Å². The highest BCUT2D eigenvalue weighted by Gasteiger charge is 2.09. The molecule has 6 heteroatoms. The molecule has 7 aromatic rings. The molecule has 6 aromatic carbocycles. The molecule has 0 bridgehead atoms. The molecule has 7 rings (SSSR count). The second-order valence-electron chi connectivity index (χ2n) is 12.0. The Morgan fingerprint density at radius 1 is 0.246 bits per heavy atom. The number of anilines is 6. The topological polar surface area (TPSA) is 74.8 Å². The van der Waals surface area contributed by atoms with Crippen molar-refractivity contribution < 1.29 is 0 Å². The van der Waals surface area contributed by atoms with Crippen LogP contribution >= 0.6 is 0 Å². The molecule has 6 nitrogen and oxygen atoms in total. The first-order chi connectivity index (χ1) is 28.2. The van der Waals surface area contributed by atoms with Crippen molar-refractivity contribution in [3.63, 3.8) is 0 Å². The van der Waals surface area contributed by atoms with Crippen molar-refractivity contribution in [1.82, 2.24) is 15.0 Å². The summed E-state index contributed by atoms with van der Waals surface area (Å²) < 4.78 is 0. The summed E-state index contributed by atoms with van der Waals surface area (Å²) in [5, 5.41) is 9.87. The van der Waals surface area contributed by atoms with E-state index in [1.807, 2.05) is 164 Å². The summed E-state index contributed by atoms with van der Waals surface area (Å²) in [6.45, 7) is 0. The molecular weight excluding hydrogens is 697 g/mol. The third-order valence-corrected chi connectivity index (χ3v) is 7.81. The van der Waals surface area contributed by atoms with E-state index in [-0.39, 0.29) is 0 Å². The third-order valence-electron chi connectivity index (χ3n) is 7.81. The van der Waals surface area contributed by atoms with Gasteiger partial charge in [0.1, 0.15) is 0 Å². The van der Waals surface area contributed by atoms with Gasteiger partial charge in [-0.2, -0.15) is 15.0 Å². The van der Waals surface area contributed by atoms with Gasteiger partial charge in [-0.15, -0.1) is 0 Å². The van der Waals surface area contributed by atoms with Crippen LogP contribution in [0.1, 0.15) is 33.4 Å². The third kappa shape index (κ3) is 11.8. The van der Waals surface area contributed by atoms with Gasteiger partial charge in [-0.3, -0.25) is 0 Å². The van der Waals surface area contributed by atoms with E-state index in [4.69, 9.17) is 0 Å². The normalized spacial score (nSPS) is 9.26. The zero-order valence-electron chi connectivity index (χ0n) is 30.4. The van der Waals surface area contributed by atoms with E-state index in [1.165, 1.54) is 0 Å². The monoisotopic (exact) mass is 726 g/mol. The lowest BCUT2D eigenvalue weighted by Crippen LogP contribution is -2.07. The number of nitrogens with one attached hydrogen (secondary N) is 3. The predicted octanol–water partition coefficient (Wildman–Crippen LogP) is 9.31.